The van der Waals surface area contributed by atoms with Crippen molar-refractivity contribution in [2.24, 2.45) is 0 Å². The zero-order chi connectivity index (χ0) is 13.2. The van der Waals surface area contributed by atoms with Gasteiger partial charge in [-0.15, -0.1) is 5.10 Å². The minimum absolute atomic E-state index is 0.170. The van der Waals surface area contributed by atoms with Gasteiger partial charge in [0.05, 0.1) is 24.9 Å². The van der Waals surface area contributed by atoms with Gasteiger partial charge in [-0.1, -0.05) is 17.3 Å². The van der Waals surface area contributed by atoms with E-state index >= 15 is 0 Å². The molecule has 0 aliphatic carbocycles. The molecule has 1 aliphatic rings. The number of ketones is 1. The van der Waals surface area contributed by atoms with Crippen LogP contribution in [0.25, 0.3) is 0 Å². The summed E-state index contributed by atoms with van der Waals surface area (Å²) in [6.07, 6.45) is 1.69. The fourth-order valence-electron chi connectivity index (χ4n) is 1.99. The van der Waals surface area contributed by atoms with E-state index in [0.717, 1.165) is 13.1 Å². The summed E-state index contributed by atoms with van der Waals surface area (Å²) >= 11 is 0. The van der Waals surface area contributed by atoms with Crippen LogP contribution in [0.15, 0.2) is 30.5 Å². The molecule has 1 aromatic heterocycles. The van der Waals surface area contributed by atoms with Gasteiger partial charge in [0.15, 0.2) is 5.69 Å². The summed E-state index contributed by atoms with van der Waals surface area (Å²) in [4.78, 5) is 12.4. The summed E-state index contributed by atoms with van der Waals surface area (Å²) in [6.45, 7) is 1.73. The fourth-order valence-corrected chi connectivity index (χ4v) is 1.99. The first-order valence-corrected chi connectivity index (χ1v) is 6.10. The third kappa shape index (κ3) is 2.10. The third-order valence-corrected chi connectivity index (χ3v) is 3.23. The molecule has 6 heteroatoms. The summed E-state index contributed by atoms with van der Waals surface area (Å²) in [6, 6.07) is 7.41. The molecule has 1 aliphatic heterocycles. The fraction of sp³-hybridized carbons (Fsp3) is 0.308. The van der Waals surface area contributed by atoms with Crippen molar-refractivity contribution in [3.05, 3.63) is 41.7 Å². The molecule has 98 valence electrons. The minimum atomic E-state index is -0.170. The molecule has 0 radical (unpaired) electrons. The lowest BCUT2D eigenvalue weighted by Crippen LogP contribution is -2.43. The summed E-state index contributed by atoms with van der Waals surface area (Å²) < 4.78 is 6.92. The van der Waals surface area contributed by atoms with E-state index in [4.69, 9.17) is 4.74 Å². The summed E-state index contributed by atoms with van der Waals surface area (Å²) in [7, 11) is 1.54. The van der Waals surface area contributed by atoms with Crippen LogP contribution in [0.2, 0.25) is 0 Å². The van der Waals surface area contributed by atoms with Crippen LogP contribution in [0.4, 0.5) is 0 Å². The van der Waals surface area contributed by atoms with Crippen molar-refractivity contribution >= 4 is 5.78 Å². The van der Waals surface area contributed by atoms with Crippen LogP contribution in [0.1, 0.15) is 22.1 Å². The Morgan fingerprint density at radius 1 is 1.42 bits per heavy atom. The number of aromatic nitrogens is 3. The van der Waals surface area contributed by atoms with Crippen LogP contribution in [0.5, 0.6) is 5.75 Å². The molecule has 2 heterocycles. The molecule has 1 saturated heterocycles. The van der Waals surface area contributed by atoms with Gasteiger partial charge in [-0.05, 0) is 12.1 Å². The molecule has 3 rings (SSSR count). The zero-order valence-electron chi connectivity index (χ0n) is 10.5. The molecule has 1 N–H and O–H groups in total. The number of rotatable bonds is 4. The molecule has 0 spiro atoms. The van der Waals surface area contributed by atoms with Crippen molar-refractivity contribution in [3.8, 4) is 5.75 Å². The number of benzene rings is 1. The highest BCUT2D eigenvalue weighted by atomic mass is 16.5. The normalized spacial score (nSPS) is 15.0. The van der Waals surface area contributed by atoms with E-state index in [-0.39, 0.29) is 5.78 Å². The standard InChI is InChI=1S/C13H14N4O2/c1-19-12-5-3-2-4-10(12)13(18)11-8-17(16-15-11)9-6-14-7-9/h2-5,8-9,14H,6-7H2,1H3. The number of nitrogens with one attached hydrogen (secondary N) is 1. The topological polar surface area (TPSA) is 69.0 Å². The third-order valence-electron chi connectivity index (χ3n) is 3.23. The molecule has 1 fully saturated rings. The Morgan fingerprint density at radius 2 is 2.21 bits per heavy atom. The molecular formula is C13H14N4O2. The first-order chi connectivity index (χ1) is 9.29. The van der Waals surface area contributed by atoms with Gasteiger partial charge < -0.3 is 10.1 Å². The summed E-state index contributed by atoms with van der Waals surface area (Å²) in [5, 5.41) is 11.1. The van der Waals surface area contributed by atoms with E-state index in [1.54, 1.807) is 36.2 Å². The largest absolute Gasteiger partial charge is 0.496 e. The number of methoxy groups -OCH3 is 1. The van der Waals surface area contributed by atoms with Crippen LogP contribution in [0, 0.1) is 0 Å². The summed E-state index contributed by atoms with van der Waals surface area (Å²) in [5.74, 6) is 0.378. The van der Waals surface area contributed by atoms with Crippen molar-refractivity contribution in [2.75, 3.05) is 20.2 Å². The maximum atomic E-state index is 12.4. The number of para-hydroxylation sites is 1. The zero-order valence-corrected chi connectivity index (χ0v) is 10.5. The lowest BCUT2D eigenvalue weighted by atomic mass is 10.1. The Hall–Kier alpha value is -2.21. The minimum Gasteiger partial charge on any atom is -0.496 e. The highest BCUT2D eigenvalue weighted by molar-refractivity contribution is 6.09. The Morgan fingerprint density at radius 3 is 2.89 bits per heavy atom. The van der Waals surface area contributed by atoms with Gasteiger partial charge >= 0.3 is 0 Å². The van der Waals surface area contributed by atoms with Gasteiger partial charge in [0, 0.05) is 13.1 Å². The molecule has 0 unspecified atom stereocenters. The maximum Gasteiger partial charge on any atom is 0.218 e. The molecule has 1 aromatic carbocycles. The lowest BCUT2D eigenvalue weighted by Gasteiger charge is -2.26. The summed E-state index contributed by atoms with van der Waals surface area (Å²) in [5.41, 5.74) is 0.847. The smallest absolute Gasteiger partial charge is 0.218 e. The lowest BCUT2D eigenvalue weighted by molar-refractivity contribution is 0.103. The Kier molecular flexibility index (Phi) is 3.00. The predicted molar refractivity (Wildman–Crippen MR) is 68.4 cm³/mol. The highest BCUT2D eigenvalue weighted by Crippen LogP contribution is 2.20. The van der Waals surface area contributed by atoms with Crippen molar-refractivity contribution in [3.63, 3.8) is 0 Å². The number of nitrogens with zero attached hydrogens (tertiary/aromatic N) is 3. The molecular weight excluding hydrogens is 244 g/mol. The predicted octanol–water partition coefficient (Wildman–Crippen LogP) is 0.662. The molecule has 0 atom stereocenters. The Balaban J connectivity index is 1.88. The monoisotopic (exact) mass is 258 g/mol. The second-order valence-corrected chi connectivity index (χ2v) is 4.43. The molecule has 6 nitrogen and oxygen atoms in total. The SMILES string of the molecule is COc1ccccc1C(=O)c1cn(C2CNC2)nn1. The second-order valence-electron chi connectivity index (χ2n) is 4.43. The van der Waals surface area contributed by atoms with Crippen LogP contribution in [-0.2, 0) is 0 Å². The van der Waals surface area contributed by atoms with E-state index in [1.807, 2.05) is 6.07 Å². The maximum absolute atomic E-state index is 12.4. The van der Waals surface area contributed by atoms with Gasteiger partial charge in [-0.3, -0.25) is 4.79 Å². The first kappa shape index (κ1) is 11.9. The van der Waals surface area contributed by atoms with E-state index in [9.17, 15) is 4.79 Å². The highest BCUT2D eigenvalue weighted by Gasteiger charge is 2.23. The van der Waals surface area contributed by atoms with Crippen LogP contribution in [-0.4, -0.2) is 41.0 Å². The first-order valence-electron chi connectivity index (χ1n) is 6.10. The van der Waals surface area contributed by atoms with Crippen LogP contribution in [0.3, 0.4) is 0 Å². The van der Waals surface area contributed by atoms with Gasteiger partial charge in [-0.2, -0.15) is 0 Å². The molecule has 2 aromatic rings. The van der Waals surface area contributed by atoms with Crippen molar-refractivity contribution in [2.45, 2.75) is 6.04 Å². The average Bonchev–Trinajstić information content (AvgIpc) is 2.85. The van der Waals surface area contributed by atoms with Gasteiger partial charge in [0.1, 0.15) is 5.75 Å². The molecule has 0 saturated carbocycles. The number of hydrogen-bond acceptors (Lipinski definition) is 5. The molecule has 0 amide bonds. The van der Waals surface area contributed by atoms with Crippen molar-refractivity contribution in [1.29, 1.82) is 0 Å². The van der Waals surface area contributed by atoms with Crippen LogP contribution < -0.4 is 10.1 Å². The number of ether oxygens (including phenoxy) is 1. The van der Waals surface area contributed by atoms with Gasteiger partial charge in [0.2, 0.25) is 5.78 Å². The average molecular weight is 258 g/mol. The Bertz CT molecular complexity index is 604. The molecule has 19 heavy (non-hydrogen) atoms. The Labute approximate surface area is 110 Å². The van der Waals surface area contributed by atoms with Gasteiger partial charge in [0.25, 0.3) is 0 Å². The van der Waals surface area contributed by atoms with Crippen LogP contribution >= 0.6 is 0 Å². The van der Waals surface area contributed by atoms with Crippen molar-refractivity contribution in [1.82, 2.24) is 20.3 Å². The number of hydrogen-bond donors (Lipinski definition) is 1. The number of carbonyl (C=O) groups is 1. The van der Waals surface area contributed by atoms with E-state index < -0.39 is 0 Å². The van der Waals surface area contributed by atoms with Gasteiger partial charge in [-0.25, -0.2) is 4.68 Å². The number of carbonyl (C=O) groups excluding carboxylic acids is 1. The van der Waals surface area contributed by atoms with E-state index in [0.29, 0.717) is 23.0 Å². The van der Waals surface area contributed by atoms with E-state index in [1.165, 1.54) is 0 Å². The van der Waals surface area contributed by atoms with Crippen molar-refractivity contribution < 1.29 is 9.53 Å². The second kappa shape index (κ2) is 4.81. The molecule has 0 bridgehead atoms. The van der Waals surface area contributed by atoms with E-state index in [2.05, 4.69) is 15.6 Å². The quantitative estimate of drug-likeness (QED) is 0.816.